The van der Waals surface area contributed by atoms with E-state index in [0.717, 1.165) is 17.8 Å². The molecular formula is C15H30N2. The molecule has 0 amide bonds. The molecule has 0 aromatic carbocycles. The summed E-state index contributed by atoms with van der Waals surface area (Å²) >= 11 is 0. The Kier molecular flexibility index (Phi) is 5.30. The van der Waals surface area contributed by atoms with E-state index in [4.69, 9.17) is 0 Å². The Balaban J connectivity index is 1.68. The Bertz CT molecular complexity index is 205. The summed E-state index contributed by atoms with van der Waals surface area (Å²) in [5.74, 6) is 2.86. The normalized spacial score (nSPS) is 31.4. The van der Waals surface area contributed by atoms with Crippen molar-refractivity contribution in [2.75, 3.05) is 32.7 Å². The maximum atomic E-state index is 3.55. The maximum Gasteiger partial charge on any atom is 0.00194 e. The average molecular weight is 238 g/mol. The van der Waals surface area contributed by atoms with Gasteiger partial charge in [0.1, 0.15) is 0 Å². The summed E-state index contributed by atoms with van der Waals surface area (Å²) < 4.78 is 0. The summed E-state index contributed by atoms with van der Waals surface area (Å²) in [5.41, 5.74) is 0. The third-order valence-electron chi connectivity index (χ3n) is 4.41. The van der Waals surface area contributed by atoms with Gasteiger partial charge in [0.15, 0.2) is 0 Å². The number of piperidine rings is 1. The standard InChI is InChI=1S/C15H30N2/c1-3-7-16-9-13(2)10-17-11-14-5-4-6-15(8-14)12-17/h13-16H,3-12H2,1-2H3. The molecule has 2 nitrogen and oxygen atoms in total. The smallest absolute Gasteiger partial charge is 0.00194 e. The predicted molar refractivity (Wildman–Crippen MR) is 74.2 cm³/mol. The van der Waals surface area contributed by atoms with Gasteiger partial charge in [-0.15, -0.1) is 0 Å². The van der Waals surface area contributed by atoms with E-state index in [9.17, 15) is 0 Å². The lowest BCUT2D eigenvalue weighted by Gasteiger charge is -2.42. The van der Waals surface area contributed by atoms with Crippen molar-refractivity contribution >= 4 is 0 Å². The molecule has 3 atom stereocenters. The van der Waals surface area contributed by atoms with E-state index >= 15 is 0 Å². The minimum absolute atomic E-state index is 0.806. The van der Waals surface area contributed by atoms with Gasteiger partial charge in [0.2, 0.25) is 0 Å². The molecule has 100 valence electrons. The van der Waals surface area contributed by atoms with Crippen molar-refractivity contribution in [3.8, 4) is 0 Å². The van der Waals surface area contributed by atoms with Gasteiger partial charge < -0.3 is 10.2 Å². The molecule has 1 heterocycles. The van der Waals surface area contributed by atoms with Gasteiger partial charge >= 0.3 is 0 Å². The van der Waals surface area contributed by atoms with Crippen LogP contribution in [-0.4, -0.2) is 37.6 Å². The molecule has 2 bridgehead atoms. The first kappa shape index (κ1) is 13.4. The van der Waals surface area contributed by atoms with Crippen molar-refractivity contribution in [1.82, 2.24) is 10.2 Å². The lowest BCUT2D eigenvalue weighted by atomic mass is 9.78. The molecule has 2 rings (SSSR count). The van der Waals surface area contributed by atoms with Gasteiger partial charge in [0.25, 0.3) is 0 Å². The van der Waals surface area contributed by atoms with Gasteiger partial charge in [-0.1, -0.05) is 20.3 Å². The SMILES string of the molecule is CCCNCC(C)CN1CC2CCCC(C2)C1. The molecule has 0 spiro atoms. The number of nitrogens with zero attached hydrogens (tertiary/aromatic N) is 1. The number of hydrogen-bond donors (Lipinski definition) is 1. The van der Waals surface area contributed by atoms with Crippen LogP contribution in [0.15, 0.2) is 0 Å². The molecule has 0 radical (unpaired) electrons. The van der Waals surface area contributed by atoms with Crippen molar-refractivity contribution in [2.45, 2.75) is 46.0 Å². The Morgan fingerprint density at radius 3 is 2.59 bits per heavy atom. The summed E-state index contributed by atoms with van der Waals surface area (Å²) in [7, 11) is 0. The number of fused-ring (bicyclic) bond motifs is 2. The van der Waals surface area contributed by atoms with Gasteiger partial charge in [-0.2, -0.15) is 0 Å². The van der Waals surface area contributed by atoms with Gasteiger partial charge in [-0.25, -0.2) is 0 Å². The topological polar surface area (TPSA) is 15.3 Å². The molecule has 2 heteroatoms. The third kappa shape index (κ3) is 4.26. The number of hydrogen-bond acceptors (Lipinski definition) is 2. The van der Waals surface area contributed by atoms with E-state index in [0.29, 0.717) is 0 Å². The highest BCUT2D eigenvalue weighted by molar-refractivity contribution is 4.84. The Labute approximate surface area is 107 Å². The number of likely N-dealkylation sites (tertiary alicyclic amines) is 1. The molecule has 1 aliphatic carbocycles. The number of nitrogens with one attached hydrogen (secondary N) is 1. The summed E-state index contributed by atoms with van der Waals surface area (Å²) in [6.07, 6.45) is 7.27. The van der Waals surface area contributed by atoms with Gasteiger partial charge in [-0.05, 0) is 56.5 Å². The Hall–Kier alpha value is -0.0800. The van der Waals surface area contributed by atoms with Crippen LogP contribution in [0.5, 0.6) is 0 Å². The monoisotopic (exact) mass is 238 g/mol. The molecule has 1 N–H and O–H groups in total. The van der Waals surface area contributed by atoms with E-state index in [1.54, 1.807) is 0 Å². The largest absolute Gasteiger partial charge is 0.316 e. The van der Waals surface area contributed by atoms with E-state index in [2.05, 4.69) is 24.1 Å². The van der Waals surface area contributed by atoms with E-state index < -0.39 is 0 Å². The molecule has 0 aromatic heterocycles. The molecule has 1 saturated carbocycles. The predicted octanol–water partition coefficient (Wildman–Crippen LogP) is 2.74. The van der Waals surface area contributed by atoms with E-state index in [-0.39, 0.29) is 0 Å². The highest BCUT2D eigenvalue weighted by Gasteiger charge is 2.30. The molecule has 2 fully saturated rings. The lowest BCUT2D eigenvalue weighted by Crippen LogP contribution is -2.45. The van der Waals surface area contributed by atoms with Crippen LogP contribution in [0.25, 0.3) is 0 Å². The van der Waals surface area contributed by atoms with Crippen LogP contribution in [0, 0.1) is 17.8 Å². The van der Waals surface area contributed by atoms with Gasteiger partial charge in [-0.3, -0.25) is 0 Å². The van der Waals surface area contributed by atoms with Crippen LogP contribution >= 0.6 is 0 Å². The second-order valence-corrected chi connectivity index (χ2v) is 6.43. The van der Waals surface area contributed by atoms with Crippen LogP contribution < -0.4 is 5.32 Å². The molecular weight excluding hydrogens is 208 g/mol. The van der Waals surface area contributed by atoms with E-state index in [1.807, 2.05) is 0 Å². The van der Waals surface area contributed by atoms with E-state index in [1.165, 1.54) is 64.8 Å². The Morgan fingerprint density at radius 1 is 1.24 bits per heavy atom. The molecule has 0 aromatic rings. The van der Waals surface area contributed by atoms with Crippen LogP contribution in [0.4, 0.5) is 0 Å². The fraction of sp³-hybridized carbons (Fsp3) is 1.00. The first-order chi connectivity index (χ1) is 8.28. The minimum Gasteiger partial charge on any atom is -0.316 e. The summed E-state index contributed by atoms with van der Waals surface area (Å²) in [4.78, 5) is 2.75. The maximum absolute atomic E-state index is 3.55. The molecule has 1 aliphatic heterocycles. The molecule has 17 heavy (non-hydrogen) atoms. The zero-order valence-electron chi connectivity index (χ0n) is 11.8. The van der Waals surface area contributed by atoms with Crippen LogP contribution in [0.3, 0.4) is 0 Å². The first-order valence-electron chi connectivity index (χ1n) is 7.71. The van der Waals surface area contributed by atoms with Crippen LogP contribution in [0.1, 0.15) is 46.0 Å². The number of rotatable bonds is 6. The van der Waals surface area contributed by atoms with Crippen molar-refractivity contribution in [2.24, 2.45) is 17.8 Å². The summed E-state index contributed by atoms with van der Waals surface area (Å²) in [6, 6.07) is 0. The fourth-order valence-electron chi connectivity index (χ4n) is 3.72. The molecule has 1 saturated heterocycles. The highest BCUT2D eigenvalue weighted by Crippen LogP contribution is 2.34. The minimum atomic E-state index is 0.806. The van der Waals surface area contributed by atoms with Crippen LogP contribution in [-0.2, 0) is 0 Å². The highest BCUT2D eigenvalue weighted by atomic mass is 15.1. The van der Waals surface area contributed by atoms with Crippen molar-refractivity contribution in [1.29, 1.82) is 0 Å². The second kappa shape index (κ2) is 6.75. The molecule has 2 aliphatic rings. The first-order valence-corrected chi connectivity index (χ1v) is 7.71. The van der Waals surface area contributed by atoms with Crippen LogP contribution in [0.2, 0.25) is 0 Å². The summed E-state index contributed by atoms with van der Waals surface area (Å²) in [5, 5.41) is 3.55. The zero-order valence-corrected chi connectivity index (χ0v) is 11.8. The fourth-order valence-corrected chi connectivity index (χ4v) is 3.72. The third-order valence-corrected chi connectivity index (χ3v) is 4.41. The van der Waals surface area contributed by atoms with Crippen molar-refractivity contribution in [3.05, 3.63) is 0 Å². The van der Waals surface area contributed by atoms with Gasteiger partial charge in [0, 0.05) is 19.6 Å². The molecule has 3 unspecified atom stereocenters. The Morgan fingerprint density at radius 2 is 1.94 bits per heavy atom. The summed E-state index contributed by atoms with van der Waals surface area (Å²) in [6.45, 7) is 11.1. The van der Waals surface area contributed by atoms with Crippen molar-refractivity contribution in [3.63, 3.8) is 0 Å². The lowest BCUT2D eigenvalue weighted by molar-refractivity contribution is 0.0756. The van der Waals surface area contributed by atoms with Crippen molar-refractivity contribution < 1.29 is 0 Å². The zero-order chi connectivity index (χ0) is 12.1. The quantitative estimate of drug-likeness (QED) is 0.716. The second-order valence-electron chi connectivity index (χ2n) is 6.43. The average Bonchev–Trinajstić information content (AvgIpc) is 2.29. The van der Waals surface area contributed by atoms with Gasteiger partial charge in [0.05, 0.1) is 0 Å².